The molecule has 0 saturated heterocycles. The van der Waals surface area contributed by atoms with E-state index in [4.69, 9.17) is 9.47 Å². The number of carbonyl (C=O) groups is 1. The van der Waals surface area contributed by atoms with Gasteiger partial charge in [-0.3, -0.25) is 4.79 Å². The smallest absolute Gasteiger partial charge is 0.231 e. The Morgan fingerprint density at radius 2 is 1.93 bits per heavy atom. The van der Waals surface area contributed by atoms with Crippen molar-refractivity contribution in [1.82, 2.24) is 14.5 Å². The van der Waals surface area contributed by atoms with Gasteiger partial charge in [-0.05, 0) is 41.7 Å². The van der Waals surface area contributed by atoms with Crippen LogP contribution in [0.2, 0.25) is 0 Å². The molecule has 0 aliphatic carbocycles. The molecule has 0 bridgehead atoms. The standard InChI is InChI=1S/C21H21N3O3S/c1-14-20(28-23-22-14)12-24(2)21(25)11-17(15-6-4-3-5-7-15)16-8-9-18-19(10-16)27-13-26-18/h3-10,17H,11-13H2,1-2H3/t17-/m0/s1. The number of rotatable bonds is 6. The van der Waals surface area contributed by atoms with Crippen molar-refractivity contribution < 1.29 is 14.3 Å². The van der Waals surface area contributed by atoms with Crippen molar-refractivity contribution in [2.75, 3.05) is 13.8 Å². The van der Waals surface area contributed by atoms with Gasteiger partial charge in [0.2, 0.25) is 12.7 Å². The SMILES string of the molecule is Cc1nnsc1CN(C)C(=O)C[C@@H](c1ccccc1)c1ccc2c(c1)OCO2. The molecule has 0 radical (unpaired) electrons. The lowest BCUT2D eigenvalue weighted by Gasteiger charge is -2.22. The molecule has 1 aliphatic heterocycles. The first-order chi connectivity index (χ1) is 13.6. The second-order valence-corrected chi connectivity index (χ2v) is 7.65. The molecule has 6 nitrogen and oxygen atoms in total. The van der Waals surface area contributed by atoms with Crippen molar-refractivity contribution in [2.45, 2.75) is 25.8 Å². The van der Waals surface area contributed by atoms with E-state index < -0.39 is 0 Å². The Morgan fingerprint density at radius 1 is 1.14 bits per heavy atom. The van der Waals surface area contributed by atoms with Crippen LogP contribution in [0.3, 0.4) is 0 Å². The summed E-state index contributed by atoms with van der Waals surface area (Å²) in [6.45, 7) is 2.67. The van der Waals surface area contributed by atoms with E-state index in [0.29, 0.717) is 13.0 Å². The number of ether oxygens (including phenoxy) is 2. The first-order valence-corrected chi connectivity index (χ1v) is 9.85. The molecule has 3 aromatic rings. The highest BCUT2D eigenvalue weighted by Gasteiger charge is 2.24. The van der Waals surface area contributed by atoms with Gasteiger partial charge in [-0.25, -0.2) is 0 Å². The Bertz CT molecular complexity index is 974. The highest BCUT2D eigenvalue weighted by atomic mass is 32.1. The van der Waals surface area contributed by atoms with E-state index in [-0.39, 0.29) is 18.6 Å². The number of fused-ring (bicyclic) bond motifs is 1. The minimum absolute atomic E-state index is 0.0636. The summed E-state index contributed by atoms with van der Waals surface area (Å²) in [6.07, 6.45) is 0.367. The van der Waals surface area contributed by atoms with Crippen molar-refractivity contribution in [3.8, 4) is 11.5 Å². The van der Waals surface area contributed by atoms with E-state index in [0.717, 1.165) is 33.2 Å². The minimum atomic E-state index is -0.0636. The first-order valence-electron chi connectivity index (χ1n) is 9.08. The maximum absolute atomic E-state index is 13.0. The van der Waals surface area contributed by atoms with Gasteiger partial charge >= 0.3 is 0 Å². The predicted octanol–water partition coefficient (Wildman–Crippen LogP) is 3.76. The van der Waals surface area contributed by atoms with Gasteiger partial charge in [0.05, 0.1) is 17.1 Å². The number of aromatic nitrogens is 2. The molecule has 1 atom stereocenters. The molecular weight excluding hydrogens is 374 g/mol. The lowest BCUT2D eigenvalue weighted by molar-refractivity contribution is -0.130. The Balaban J connectivity index is 1.57. The molecular formula is C21H21N3O3S. The van der Waals surface area contributed by atoms with Gasteiger partial charge in [0.25, 0.3) is 0 Å². The Hall–Kier alpha value is -2.93. The molecule has 144 valence electrons. The summed E-state index contributed by atoms with van der Waals surface area (Å²) in [6, 6.07) is 16.0. The third-order valence-electron chi connectivity index (χ3n) is 4.93. The summed E-state index contributed by atoms with van der Waals surface area (Å²) in [5.74, 6) is 1.48. The predicted molar refractivity (Wildman–Crippen MR) is 107 cm³/mol. The van der Waals surface area contributed by atoms with Crippen molar-refractivity contribution in [3.05, 3.63) is 70.2 Å². The van der Waals surface area contributed by atoms with Gasteiger partial charge in [-0.2, -0.15) is 0 Å². The Kier molecular flexibility index (Phi) is 5.25. The zero-order valence-corrected chi connectivity index (χ0v) is 16.6. The van der Waals surface area contributed by atoms with Crippen molar-refractivity contribution in [2.24, 2.45) is 0 Å². The van der Waals surface area contributed by atoms with Crippen LogP contribution in [0.1, 0.15) is 34.0 Å². The average Bonchev–Trinajstić information content (AvgIpc) is 3.35. The molecule has 28 heavy (non-hydrogen) atoms. The lowest BCUT2D eigenvalue weighted by Crippen LogP contribution is -2.27. The molecule has 4 rings (SSSR count). The third-order valence-corrected chi connectivity index (χ3v) is 5.74. The second kappa shape index (κ2) is 7.98. The van der Waals surface area contributed by atoms with Crippen molar-refractivity contribution in [1.29, 1.82) is 0 Å². The van der Waals surface area contributed by atoms with Crippen LogP contribution >= 0.6 is 11.5 Å². The maximum atomic E-state index is 13.0. The summed E-state index contributed by atoms with van der Waals surface area (Å²) < 4.78 is 14.9. The highest BCUT2D eigenvalue weighted by molar-refractivity contribution is 7.05. The number of hydrogen-bond acceptors (Lipinski definition) is 6. The summed E-state index contributed by atoms with van der Waals surface area (Å²) in [5, 5.41) is 4.02. The largest absolute Gasteiger partial charge is 0.454 e. The Labute approximate surface area is 167 Å². The maximum Gasteiger partial charge on any atom is 0.231 e. The van der Waals surface area contributed by atoms with Gasteiger partial charge < -0.3 is 14.4 Å². The van der Waals surface area contributed by atoms with Gasteiger partial charge in [0.1, 0.15) is 0 Å². The molecule has 1 aromatic heterocycles. The molecule has 0 spiro atoms. The quantitative estimate of drug-likeness (QED) is 0.636. The molecule has 2 aromatic carbocycles. The molecule has 0 saturated carbocycles. The minimum Gasteiger partial charge on any atom is -0.454 e. The number of benzene rings is 2. The summed E-state index contributed by atoms with van der Waals surface area (Å²) in [5.41, 5.74) is 3.01. The van der Waals surface area contributed by atoms with E-state index in [1.54, 1.807) is 4.90 Å². The molecule has 1 amide bonds. The molecule has 2 heterocycles. The fourth-order valence-corrected chi connectivity index (χ4v) is 3.96. The normalized spacial score (nSPS) is 13.4. The molecule has 1 aliphatic rings. The van der Waals surface area contributed by atoms with E-state index >= 15 is 0 Å². The van der Waals surface area contributed by atoms with Gasteiger partial charge in [0, 0.05) is 19.4 Å². The van der Waals surface area contributed by atoms with E-state index in [1.165, 1.54) is 11.5 Å². The topological polar surface area (TPSA) is 64.6 Å². The van der Waals surface area contributed by atoms with Crippen LogP contribution in [-0.4, -0.2) is 34.2 Å². The number of aryl methyl sites for hydroxylation is 1. The number of amides is 1. The van der Waals surface area contributed by atoms with Crippen molar-refractivity contribution >= 4 is 17.4 Å². The second-order valence-electron chi connectivity index (χ2n) is 6.81. The van der Waals surface area contributed by atoms with Gasteiger partial charge in [-0.1, -0.05) is 40.9 Å². The van der Waals surface area contributed by atoms with E-state index in [2.05, 4.69) is 21.7 Å². The number of nitrogens with zero attached hydrogens (tertiary/aromatic N) is 3. The van der Waals surface area contributed by atoms with Gasteiger partial charge in [-0.15, -0.1) is 5.10 Å². The van der Waals surface area contributed by atoms with Crippen LogP contribution in [0.25, 0.3) is 0 Å². The third kappa shape index (κ3) is 3.84. The highest BCUT2D eigenvalue weighted by Crippen LogP contribution is 2.37. The van der Waals surface area contributed by atoms with Crippen LogP contribution in [0.4, 0.5) is 0 Å². The van der Waals surface area contributed by atoms with Gasteiger partial charge in [0.15, 0.2) is 11.5 Å². The summed E-state index contributed by atoms with van der Waals surface area (Å²) in [7, 11) is 1.82. The fourth-order valence-electron chi connectivity index (χ4n) is 3.27. The van der Waals surface area contributed by atoms with Crippen LogP contribution < -0.4 is 9.47 Å². The monoisotopic (exact) mass is 395 g/mol. The zero-order chi connectivity index (χ0) is 19.5. The van der Waals surface area contributed by atoms with Crippen LogP contribution in [0, 0.1) is 6.92 Å². The first kappa shape index (κ1) is 18.4. The molecule has 0 fully saturated rings. The van der Waals surface area contributed by atoms with Crippen LogP contribution in [0.5, 0.6) is 11.5 Å². The fraction of sp³-hybridized carbons (Fsp3) is 0.286. The summed E-state index contributed by atoms with van der Waals surface area (Å²) >= 11 is 1.33. The Morgan fingerprint density at radius 3 is 2.68 bits per heavy atom. The lowest BCUT2D eigenvalue weighted by atomic mass is 9.88. The molecule has 0 unspecified atom stereocenters. The zero-order valence-electron chi connectivity index (χ0n) is 15.8. The summed E-state index contributed by atoms with van der Waals surface area (Å²) in [4.78, 5) is 15.8. The van der Waals surface area contributed by atoms with Crippen LogP contribution in [0.15, 0.2) is 48.5 Å². The van der Waals surface area contributed by atoms with E-state index in [9.17, 15) is 4.79 Å². The number of hydrogen-bond donors (Lipinski definition) is 0. The van der Waals surface area contributed by atoms with Crippen molar-refractivity contribution in [3.63, 3.8) is 0 Å². The van der Waals surface area contributed by atoms with E-state index in [1.807, 2.05) is 50.4 Å². The van der Waals surface area contributed by atoms with Crippen LogP contribution in [-0.2, 0) is 11.3 Å². The average molecular weight is 395 g/mol. The molecule has 7 heteroatoms. The molecule has 0 N–H and O–H groups in total. The number of carbonyl (C=O) groups excluding carboxylic acids is 1.